The fourth-order valence-corrected chi connectivity index (χ4v) is 2.09. The number of benzene rings is 1. The van der Waals surface area contributed by atoms with Gasteiger partial charge < -0.3 is 13.9 Å². The average Bonchev–Trinajstić information content (AvgIpc) is 2.86. The molecule has 0 saturated carbocycles. The van der Waals surface area contributed by atoms with Gasteiger partial charge in [0.1, 0.15) is 17.0 Å². The van der Waals surface area contributed by atoms with Gasteiger partial charge in [-0.15, -0.1) is 0 Å². The number of para-hydroxylation sites is 1. The summed E-state index contributed by atoms with van der Waals surface area (Å²) in [4.78, 5) is 4.48. The van der Waals surface area contributed by atoms with Crippen molar-refractivity contribution in [3.8, 4) is 11.5 Å². The second kappa shape index (κ2) is 4.22. The molecular weight excluding hydrogens is 230 g/mol. The lowest BCUT2D eigenvalue weighted by Crippen LogP contribution is -1.95. The Morgan fingerprint density at radius 1 is 1.22 bits per heavy atom. The van der Waals surface area contributed by atoms with E-state index >= 15 is 0 Å². The molecule has 2 aromatic heterocycles. The van der Waals surface area contributed by atoms with Crippen LogP contribution in [0.25, 0.3) is 22.0 Å². The average molecular weight is 243 g/mol. The Morgan fingerprint density at radius 2 is 2.11 bits per heavy atom. The van der Waals surface area contributed by atoms with Crippen LogP contribution in [0.5, 0.6) is 11.5 Å². The SMILES string of the molecule is CCOc1c2ccoc2nc2c(OC)cccc12. The van der Waals surface area contributed by atoms with E-state index in [4.69, 9.17) is 13.9 Å². The van der Waals surface area contributed by atoms with E-state index < -0.39 is 0 Å². The number of fused-ring (bicyclic) bond motifs is 2. The van der Waals surface area contributed by atoms with Crippen molar-refractivity contribution in [2.45, 2.75) is 6.92 Å². The van der Waals surface area contributed by atoms with Crippen LogP contribution in [0.4, 0.5) is 0 Å². The summed E-state index contributed by atoms with van der Waals surface area (Å²) in [6, 6.07) is 7.64. The van der Waals surface area contributed by atoms with Gasteiger partial charge in [0, 0.05) is 5.39 Å². The number of nitrogens with zero attached hydrogens (tertiary/aromatic N) is 1. The molecule has 0 spiro atoms. The van der Waals surface area contributed by atoms with Crippen LogP contribution < -0.4 is 9.47 Å². The zero-order chi connectivity index (χ0) is 12.5. The highest BCUT2D eigenvalue weighted by molar-refractivity contribution is 6.01. The van der Waals surface area contributed by atoms with Crippen LogP contribution in [0.3, 0.4) is 0 Å². The third-order valence-corrected chi connectivity index (χ3v) is 2.85. The molecule has 4 heteroatoms. The summed E-state index contributed by atoms with van der Waals surface area (Å²) < 4.78 is 16.4. The quantitative estimate of drug-likeness (QED) is 0.707. The van der Waals surface area contributed by atoms with Gasteiger partial charge in [0.25, 0.3) is 0 Å². The Morgan fingerprint density at radius 3 is 2.89 bits per heavy atom. The Bertz CT molecular complexity index is 703. The largest absolute Gasteiger partial charge is 0.494 e. The predicted octanol–water partition coefficient (Wildman–Crippen LogP) is 3.39. The Labute approximate surface area is 104 Å². The number of hydrogen-bond acceptors (Lipinski definition) is 4. The van der Waals surface area contributed by atoms with E-state index in [0.717, 1.165) is 22.0 Å². The highest BCUT2D eigenvalue weighted by atomic mass is 16.5. The lowest BCUT2D eigenvalue weighted by Gasteiger charge is -2.10. The molecule has 3 aromatic rings. The summed E-state index contributed by atoms with van der Waals surface area (Å²) in [5, 5.41) is 1.82. The van der Waals surface area contributed by atoms with Crippen LogP contribution in [0.1, 0.15) is 6.92 Å². The molecular formula is C14H13NO3. The van der Waals surface area contributed by atoms with Gasteiger partial charge in [-0.2, -0.15) is 0 Å². The molecule has 4 nitrogen and oxygen atoms in total. The Kier molecular flexibility index (Phi) is 2.55. The first-order valence-corrected chi connectivity index (χ1v) is 5.82. The Balaban J connectivity index is 2.45. The summed E-state index contributed by atoms with van der Waals surface area (Å²) in [6.45, 7) is 2.55. The first-order chi connectivity index (χ1) is 8.85. The van der Waals surface area contributed by atoms with Crippen LogP contribution >= 0.6 is 0 Å². The fourth-order valence-electron chi connectivity index (χ4n) is 2.09. The minimum Gasteiger partial charge on any atom is -0.494 e. The minimum absolute atomic E-state index is 0.565. The van der Waals surface area contributed by atoms with Gasteiger partial charge in [0.05, 0.1) is 25.4 Å². The number of hydrogen-bond donors (Lipinski definition) is 0. The van der Waals surface area contributed by atoms with Crippen molar-refractivity contribution in [2.75, 3.05) is 13.7 Å². The number of furan rings is 1. The van der Waals surface area contributed by atoms with Gasteiger partial charge in [-0.25, -0.2) is 4.98 Å². The van der Waals surface area contributed by atoms with Crippen molar-refractivity contribution in [3.05, 3.63) is 30.5 Å². The maximum Gasteiger partial charge on any atom is 0.230 e. The van der Waals surface area contributed by atoms with E-state index in [9.17, 15) is 0 Å². The van der Waals surface area contributed by atoms with Gasteiger partial charge in [0.2, 0.25) is 5.71 Å². The van der Waals surface area contributed by atoms with Crippen molar-refractivity contribution in [3.63, 3.8) is 0 Å². The van der Waals surface area contributed by atoms with Crippen molar-refractivity contribution >= 4 is 22.0 Å². The third-order valence-electron chi connectivity index (χ3n) is 2.85. The maximum atomic E-state index is 5.73. The van der Waals surface area contributed by atoms with Gasteiger partial charge in [-0.1, -0.05) is 6.07 Å². The molecule has 18 heavy (non-hydrogen) atoms. The summed E-state index contributed by atoms with van der Waals surface area (Å²) in [6.07, 6.45) is 1.62. The lowest BCUT2D eigenvalue weighted by molar-refractivity contribution is 0.348. The number of ether oxygens (including phenoxy) is 2. The van der Waals surface area contributed by atoms with Crippen LogP contribution in [-0.4, -0.2) is 18.7 Å². The second-order valence-electron chi connectivity index (χ2n) is 3.87. The zero-order valence-electron chi connectivity index (χ0n) is 10.3. The van der Waals surface area contributed by atoms with Gasteiger partial charge in [-0.05, 0) is 25.1 Å². The van der Waals surface area contributed by atoms with Gasteiger partial charge >= 0.3 is 0 Å². The fraction of sp³-hybridized carbons (Fsp3) is 0.214. The maximum absolute atomic E-state index is 5.73. The van der Waals surface area contributed by atoms with Crippen molar-refractivity contribution in [2.24, 2.45) is 0 Å². The molecule has 1 aromatic carbocycles. The van der Waals surface area contributed by atoms with E-state index in [0.29, 0.717) is 18.1 Å². The smallest absolute Gasteiger partial charge is 0.230 e. The van der Waals surface area contributed by atoms with Crippen LogP contribution in [0.15, 0.2) is 34.9 Å². The van der Waals surface area contributed by atoms with Crippen LogP contribution in [-0.2, 0) is 0 Å². The van der Waals surface area contributed by atoms with Gasteiger partial charge in [0.15, 0.2) is 0 Å². The van der Waals surface area contributed by atoms with Crippen molar-refractivity contribution < 1.29 is 13.9 Å². The Hall–Kier alpha value is -2.23. The molecule has 92 valence electrons. The standard InChI is InChI=1S/C14H13NO3/c1-3-17-13-9-5-4-6-11(16-2)12(9)15-14-10(13)7-8-18-14/h4-8H,3H2,1-2H3. The number of rotatable bonds is 3. The molecule has 0 aliphatic carbocycles. The first-order valence-electron chi connectivity index (χ1n) is 5.82. The molecule has 0 aliphatic heterocycles. The first kappa shape index (κ1) is 10.9. The molecule has 0 amide bonds. The molecule has 0 aliphatic rings. The molecule has 0 bridgehead atoms. The van der Waals surface area contributed by atoms with Crippen LogP contribution in [0, 0.1) is 0 Å². The second-order valence-corrected chi connectivity index (χ2v) is 3.87. The number of aromatic nitrogens is 1. The minimum atomic E-state index is 0.565. The highest BCUT2D eigenvalue weighted by Crippen LogP contribution is 2.36. The number of pyridine rings is 1. The normalized spacial score (nSPS) is 11.0. The van der Waals surface area contributed by atoms with Crippen molar-refractivity contribution in [1.29, 1.82) is 0 Å². The monoisotopic (exact) mass is 243 g/mol. The zero-order valence-corrected chi connectivity index (χ0v) is 10.3. The van der Waals surface area contributed by atoms with E-state index in [1.165, 1.54) is 0 Å². The highest BCUT2D eigenvalue weighted by Gasteiger charge is 2.14. The third kappa shape index (κ3) is 1.49. The molecule has 0 atom stereocenters. The molecule has 0 fully saturated rings. The summed E-state index contributed by atoms with van der Waals surface area (Å²) in [5.41, 5.74) is 1.32. The lowest BCUT2D eigenvalue weighted by atomic mass is 10.1. The summed E-state index contributed by atoms with van der Waals surface area (Å²) >= 11 is 0. The predicted molar refractivity (Wildman–Crippen MR) is 69.2 cm³/mol. The van der Waals surface area contributed by atoms with E-state index in [2.05, 4.69) is 4.98 Å². The molecule has 0 N–H and O–H groups in total. The van der Waals surface area contributed by atoms with Crippen molar-refractivity contribution in [1.82, 2.24) is 4.98 Å². The van der Waals surface area contributed by atoms with E-state index in [-0.39, 0.29) is 0 Å². The number of methoxy groups -OCH3 is 1. The van der Waals surface area contributed by atoms with E-state index in [1.807, 2.05) is 31.2 Å². The summed E-state index contributed by atoms with van der Waals surface area (Å²) in [5.74, 6) is 1.51. The molecule has 3 rings (SSSR count). The van der Waals surface area contributed by atoms with Crippen LogP contribution in [0.2, 0.25) is 0 Å². The molecule has 0 unspecified atom stereocenters. The van der Waals surface area contributed by atoms with E-state index in [1.54, 1.807) is 13.4 Å². The molecule has 0 radical (unpaired) electrons. The summed E-state index contributed by atoms with van der Waals surface area (Å²) in [7, 11) is 1.63. The topological polar surface area (TPSA) is 44.5 Å². The molecule has 2 heterocycles. The van der Waals surface area contributed by atoms with Gasteiger partial charge in [-0.3, -0.25) is 0 Å². The molecule has 0 saturated heterocycles.